The van der Waals surface area contributed by atoms with Crippen molar-refractivity contribution in [2.45, 2.75) is 39.2 Å². The van der Waals surface area contributed by atoms with Gasteiger partial charge in [-0.15, -0.1) is 0 Å². The largest absolute Gasteiger partial charge is 0.489 e. The predicted octanol–water partition coefficient (Wildman–Crippen LogP) is 4.81. The van der Waals surface area contributed by atoms with Crippen LogP contribution < -0.4 is 4.74 Å². The maximum Gasteiger partial charge on any atom is 0.303 e. The molecular weight excluding hydrogens is 354 g/mol. The molecule has 5 nitrogen and oxygen atoms in total. The summed E-state index contributed by atoms with van der Waals surface area (Å²) in [6.07, 6.45) is 2.87. The smallest absolute Gasteiger partial charge is 0.303 e. The summed E-state index contributed by atoms with van der Waals surface area (Å²) in [4.78, 5) is 11.0. The lowest BCUT2D eigenvalue weighted by Gasteiger charge is -2.24. The molecule has 1 aliphatic rings. The van der Waals surface area contributed by atoms with Gasteiger partial charge in [0, 0.05) is 12.0 Å². The summed E-state index contributed by atoms with van der Waals surface area (Å²) < 4.78 is 11.5. The van der Waals surface area contributed by atoms with Crippen LogP contribution in [0.25, 0.3) is 11.3 Å². The van der Waals surface area contributed by atoms with E-state index in [1.807, 2.05) is 43.3 Å². The highest BCUT2D eigenvalue weighted by atomic mass is 16.5. The highest BCUT2D eigenvalue weighted by Crippen LogP contribution is 2.31. The quantitative estimate of drug-likeness (QED) is 0.667. The van der Waals surface area contributed by atoms with Crippen molar-refractivity contribution in [2.24, 2.45) is 5.92 Å². The molecule has 1 atom stereocenters. The van der Waals surface area contributed by atoms with Crippen LogP contribution in [0.15, 0.2) is 53.1 Å². The number of ether oxygens (including phenoxy) is 1. The van der Waals surface area contributed by atoms with Crippen LogP contribution in [0.4, 0.5) is 0 Å². The monoisotopic (exact) mass is 377 g/mol. The first-order chi connectivity index (χ1) is 13.6. The van der Waals surface area contributed by atoms with Crippen molar-refractivity contribution in [3.8, 4) is 17.0 Å². The highest BCUT2D eigenvalue weighted by Gasteiger charge is 2.21. The number of aryl methyl sites for hydroxylation is 2. The molecule has 1 heterocycles. The standard InChI is InChI=1S/C23H23NO4/c1-15-21(23(24-28-15)17-5-3-2-4-6-17)14-27-20-10-9-18-11-16(12-22(25)26)7-8-19(18)13-20/h2-6,9-10,13,16H,7-8,11-12,14H2,1H3,(H,25,26). The minimum Gasteiger partial charge on any atom is -0.489 e. The Morgan fingerprint density at radius 1 is 1.21 bits per heavy atom. The Morgan fingerprint density at radius 2 is 2.04 bits per heavy atom. The fraction of sp³-hybridized carbons (Fsp3) is 0.304. The van der Waals surface area contributed by atoms with Crippen LogP contribution >= 0.6 is 0 Å². The summed E-state index contributed by atoms with van der Waals surface area (Å²) in [6, 6.07) is 16.1. The molecule has 28 heavy (non-hydrogen) atoms. The second-order valence-corrected chi connectivity index (χ2v) is 7.36. The van der Waals surface area contributed by atoms with Crippen molar-refractivity contribution >= 4 is 5.97 Å². The van der Waals surface area contributed by atoms with E-state index in [0.29, 0.717) is 6.61 Å². The number of hydrogen-bond acceptors (Lipinski definition) is 4. The van der Waals surface area contributed by atoms with E-state index >= 15 is 0 Å². The fourth-order valence-electron chi connectivity index (χ4n) is 3.86. The van der Waals surface area contributed by atoms with Gasteiger partial charge in [0.1, 0.15) is 23.8 Å². The molecule has 0 spiro atoms. The third kappa shape index (κ3) is 3.93. The third-order valence-electron chi connectivity index (χ3n) is 5.39. The van der Waals surface area contributed by atoms with Gasteiger partial charge in [0.05, 0.1) is 5.56 Å². The lowest BCUT2D eigenvalue weighted by atomic mass is 9.82. The van der Waals surface area contributed by atoms with Crippen molar-refractivity contribution in [1.29, 1.82) is 0 Å². The molecule has 0 fully saturated rings. The number of aliphatic carboxylic acids is 1. The molecule has 0 saturated carbocycles. The van der Waals surface area contributed by atoms with Gasteiger partial charge in [-0.2, -0.15) is 0 Å². The second kappa shape index (κ2) is 7.89. The topological polar surface area (TPSA) is 72.6 Å². The minimum absolute atomic E-state index is 0.227. The molecule has 1 aliphatic carbocycles. The highest BCUT2D eigenvalue weighted by molar-refractivity contribution is 5.67. The van der Waals surface area contributed by atoms with Gasteiger partial charge in [0.2, 0.25) is 0 Å². The Labute approximate surface area is 163 Å². The van der Waals surface area contributed by atoms with E-state index in [1.165, 1.54) is 11.1 Å². The van der Waals surface area contributed by atoms with E-state index in [1.54, 1.807) is 0 Å². The molecule has 0 radical (unpaired) electrons. The second-order valence-electron chi connectivity index (χ2n) is 7.36. The summed E-state index contributed by atoms with van der Waals surface area (Å²) in [5.41, 5.74) is 5.26. The van der Waals surface area contributed by atoms with Crippen molar-refractivity contribution in [1.82, 2.24) is 5.16 Å². The molecule has 2 aromatic carbocycles. The van der Waals surface area contributed by atoms with Gasteiger partial charge in [-0.05, 0) is 55.4 Å². The number of nitrogens with zero attached hydrogens (tertiary/aromatic N) is 1. The third-order valence-corrected chi connectivity index (χ3v) is 5.39. The summed E-state index contributed by atoms with van der Waals surface area (Å²) >= 11 is 0. The molecule has 144 valence electrons. The van der Waals surface area contributed by atoms with E-state index in [2.05, 4.69) is 17.3 Å². The first kappa shape index (κ1) is 18.3. The molecule has 0 saturated heterocycles. The number of fused-ring (bicyclic) bond motifs is 1. The fourth-order valence-corrected chi connectivity index (χ4v) is 3.86. The van der Waals surface area contributed by atoms with E-state index in [0.717, 1.165) is 47.6 Å². The van der Waals surface area contributed by atoms with Gasteiger partial charge in [0.15, 0.2) is 0 Å². The summed E-state index contributed by atoms with van der Waals surface area (Å²) in [6.45, 7) is 2.29. The lowest BCUT2D eigenvalue weighted by molar-refractivity contribution is -0.138. The van der Waals surface area contributed by atoms with Gasteiger partial charge < -0.3 is 14.4 Å². The molecule has 0 bridgehead atoms. The Hall–Kier alpha value is -3.08. The van der Waals surface area contributed by atoms with Crippen LogP contribution in [-0.2, 0) is 24.2 Å². The molecular formula is C23H23NO4. The van der Waals surface area contributed by atoms with Gasteiger partial charge in [-0.25, -0.2) is 0 Å². The average molecular weight is 377 g/mol. The van der Waals surface area contributed by atoms with E-state index in [9.17, 15) is 4.79 Å². The van der Waals surface area contributed by atoms with Crippen molar-refractivity contribution in [3.63, 3.8) is 0 Å². The molecule has 0 amide bonds. The SMILES string of the molecule is Cc1onc(-c2ccccc2)c1COc1ccc2c(c1)CCC(CC(=O)O)C2. The Morgan fingerprint density at radius 3 is 2.82 bits per heavy atom. The number of benzene rings is 2. The molecule has 0 aliphatic heterocycles. The van der Waals surface area contributed by atoms with Crippen molar-refractivity contribution in [2.75, 3.05) is 0 Å². The van der Waals surface area contributed by atoms with Crippen LogP contribution in [-0.4, -0.2) is 16.2 Å². The van der Waals surface area contributed by atoms with E-state index in [-0.39, 0.29) is 12.3 Å². The zero-order chi connectivity index (χ0) is 19.5. The maximum absolute atomic E-state index is 11.0. The van der Waals surface area contributed by atoms with Crippen LogP contribution in [0.1, 0.15) is 35.3 Å². The summed E-state index contributed by atoms with van der Waals surface area (Å²) in [7, 11) is 0. The summed E-state index contributed by atoms with van der Waals surface area (Å²) in [5.74, 6) is 1.08. The molecule has 4 rings (SSSR count). The first-order valence-corrected chi connectivity index (χ1v) is 9.57. The molecule has 1 N–H and O–H groups in total. The van der Waals surface area contributed by atoms with Crippen LogP contribution in [0.3, 0.4) is 0 Å². The zero-order valence-corrected chi connectivity index (χ0v) is 15.9. The summed E-state index contributed by atoms with van der Waals surface area (Å²) in [5, 5.41) is 13.2. The Balaban J connectivity index is 1.47. The number of hydrogen-bond donors (Lipinski definition) is 1. The average Bonchev–Trinajstić information content (AvgIpc) is 3.07. The van der Waals surface area contributed by atoms with Crippen LogP contribution in [0.2, 0.25) is 0 Å². The van der Waals surface area contributed by atoms with E-state index < -0.39 is 5.97 Å². The van der Waals surface area contributed by atoms with Gasteiger partial charge in [0.25, 0.3) is 0 Å². The maximum atomic E-state index is 11.0. The minimum atomic E-state index is -0.716. The number of aromatic nitrogens is 1. The molecule has 3 aromatic rings. The van der Waals surface area contributed by atoms with Crippen LogP contribution in [0.5, 0.6) is 5.75 Å². The zero-order valence-electron chi connectivity index (χ0n) is 15.9. The van der Waals surface area contributed by atoms with Gasteiger partial charge >= 0.3 is 5.97 Å². The lowest BCUT2D eigenvalue weighted by Crippen LogP contribution is -2.17. The first-order valence-electron chi connectivity index (χ1n) is 9.57. The van der Waals surface area contributed by atoms with Crippen molar-refractivity contribution in [3.05, 3.63) is 71.0 Å². The molecule has 1 unspecified atom stereocenters. The number of carboxylic acid groups (broad SMARTS) is 1. The number of carboxylic acids is 1. The number of carbonyl (C=O) groups is 1. The van der Waals surface area contributed by atoms with Crippen LogP contribution in [0, 0.1) is 12.8 Å². The molecule has 1 aromatic heterocycles. The Kier molecular flexibility index (Phi) is 5.15. The van der Waals surface area contributed by atoms with Gasteiger partial charge in [-0.3, -0.25) is 4.79 Å². The predicted molar refractivity (Wildman–Crippen MR) is 105 cm³/mol. The van der Waals surface area contributed by atoms with Crippen molar-refractivity contribution < 1.29 is 19.2 Å². The number of rotatable bonds is 6. The Bertz CT molecular complexity index is 978. The molecule has 5 heteroatoms. The normalized spacial score (nSPS) is 15.8. The van der Waals surface area contributed by atoms with Gasteiger partial charge in [-0.1, -0.05) is 41.6 Å². The van der Waals surface area contributed by atoms with E-state index in [4.69, 9.17) is 14.4 Å².